The van der Waals surface area contributed by atoms with E-state index in [0.29, 0.717) is 0 Å². The molecule has 1 aromatic rings. The van der Waals surface area contributed by atoms with Gasteiger partial charge in [-0.15, -0.1) is 0 Å². The quantitative estimate of drug-likeness (QED) is 0.853. The highest BCUT2D eigenvalue weighted by molar-refractivity contribution is 5.49. The molecular weight excluding hydrogens is 236 g/mol. The zero-order chi connectivity index (χ0) is 13.4. The first kappa shape index (κ1) is 13.0. The predicted molar refractivity (Wildman–Crippen MR) is 78.4 cm³/mol. The lowest BCUT2D eigenvalue weighted by Crippen LogP contribution is -2.31. The smallest absolute Gasteiger partial charge is 0.131 e. The van der Waals surface area contributed by atoms with Crippen LogP contribution in [0.5, 0.6) is 0 Å². The molecule has 0 spiro atoms. The van der Waals surface area contributed by atoms with Crippen molar-refractivity contribution in [2.24, 2.45) is 13.0 Å². The Morgan fingerprint density at radius 1 is 1.32 bits per heavy atom. The van der Waals surface area contributed by atoms with E-state index in [9.17, 15) is 0 Å². The Labute approximate surface area is 116 Å². The van der Waals surface area contributed by atoms with Gasteiger partial charge in [0.25, 0.3) is 0 Å². The van der Waals surface area contributed by atoms with Gasteiger partial charge in [-0.05, 0) is 38.5 Å². The van der Waals surface area contributed by atoms with E-state index < -0.39 is 0 Å². The van der Waals surface area contributed by atoms with Gasteiger partial charge in [-0.3, -0.25) is 4.68 Å². The van der Waals surface area contributed by atoms with E-state index in [1.807, 2.05) is 0 Å². The van der Waals surface area contributed by atoms with Gasteiger partial charge in [0, 0.05) is 38.8 Å². The maximum atomic E-state index is 4.62. The second kappa shape index (κ2) is 5.16. The molecule has 0 radical (unpaired) electrons. The summed E-state index contributed by atoms with van der Waals surface area (Å²) in [4.78, 5) is 2.41. The Balaban J connectivity index is 1.72. The van der Waals surface area contributed by atoms with E-state index in [2.05, 4.69) is 41.0 Å². The third kappa shape index (κ3) is 2.78. The van der Waals surface area contributed by atoms with Gasteiger partial charge in [0.05, 0.1) is 5.69 Å². The summed E-state index contributed by atoms with van der Waals surface area (Å²) in [6.07, 6.45) is 6.89. The summed E-state index contributed by atoms with van der Waals surface area (Å²) < 4.78 is 2.05. The summed E-state index contributed by atoms with van der Waals surface area (Å²) in [6, 6.07) is 0.754. The number of rotatable bonds is 6. The minimum atomic E-state index is 0.754. The highest BCUT2D eigenvalue weighted by Crippen LogP contribution is 2.30. The summed E-state index contributed by atoms with van der Waals surface area (Å²) in [6.45, 7) is 4.27. The molecule has 4 nitrogen and oxygen atoms in total. The number of nitrogens with one attached hydrogen (secondary N) is 1. The molecule has 1 heterocycles. The van der Waals surface area contributed by atoms with E-state index in [0.717, 1.165) is 18.5 Å². The van der Waals surface area contributed by atoms with E-state index in [-0.39, 0.29) is 0 Å². The van der Waals surface area contributed by atoms with Crippen LogP contribution in [0.2, 0.25) is 0 Å². The van der Waals surface area contributed by atoms with Crippen molar-refractivity contribution >= 4 is 5.82 Å². The molecule has 0 amide bonds. The van der Waals surface area contributed by atoms with Gasteiger partial charge >= 0.3 is 0 Å². The van der Waals surface area contributed by atoms with Crippen molar-refractivity contribution in [3.05, 3.63) is 11.3 Å². The fourth-order valence-corrected chi connectivity index (χ4v) is 3.06. The van der Waals surface area contributed by atoms with Crippen molar-refractivity contribution < 1.29 is 0 Å². The van der Waals surface area contributed by atoms with Gasteiger partial charge < -0.3 is 10.2 Å². The number of hydrogen-bond donors (Lipinski definition) is 1. The van der Waals surface area contributed by atoms with E-state index in [1.54, 1.807) is 0 Å². The average molecular weight is 262 g/mol. The molecule has 2 aliphatic carbocycles. The topological polar surface area (TPSA) is 33.1 Å². The molecule has 3 rings (SSSR count). The Kier molecular flexibility index (Phi) is 3.52. The van der Waals surface area contributed by atoms with Gasteiger partial charge in [-0.2, -0.15) is 5.10 Å². The molecule has 2 fully saturated rings. The average Bonchev–Trinajstić information content (AvgIpc) is 3.08. The first-order valence-corrected chi connectivity index (χ1v) is 7.62. The van der Waals surface area contributed by atoms with E-state index >= 15 is 0 Å². The number of aryl methyl sites for hydroxylation is 2. The van der Waals surface area contributed by atoms with Crippen molar-refractivity contribution in [3.8, 4) is 0 Å². The van der Waals surface area contributed by atoms with Gasteiger partial charge in [-0.25, -0.2) is 0 Å². The van der Waals surface area contributed by atoms with Crippen molar-refractivity contribution in [3.63, 3.8) is 0 Å². The van der Waals surface area contributed by atoms with Gasteiger partial charge in [0.1, 0.15) is 5.82 Å². The molecule has 1 N–H and O–H groups in total. The lowest BCUT2D eigenvalue weighted by atomic mass is 9.85. The van der Waals surface area contributed by atoms with Crippen LogP contribution in [0.3, 0.4) is 0 Å². The Morgan fingerprint density at radius 3 is 2.63 bits per heavy atom. The number of aromatic nitrogens is 2. The molecule has 0 aromatic carbocycles. The lowest BCUT2D eigenvalue weighted by molar-refractivity contribution is 0.320. The van der Waals surface area contributed by atoms with Crippen LogP contribution in [-0.4, -0.2) is 29.4 Å². The molecule has 0 unspecified atom stereocenters. The second-order valence-electron chi connectivity index (χ2n) is 6.34. The fraction of sp³-hybridized carbons (Fsp3) is 0.800. The largest absolute Gasteiger partial charge is 0.359 e. The maximum Gasteiger partial charge on any atom is 0.131 e. The molecule has 0 atom stereocenters. The Hall–Kier alpha value is -1.03. The molecule has 2 aliphatic rings. The van der Waals surface area contributed by atoms with Crippen LogP contribution < -0.4 is 10.2 Å². The Bertz CT molecular complexity index is 443. The van der Waals surface area contributed by atoms with E-state index in [1.165, 1.54) is 55.7 Å². The molecule has 1 aromatic heterocycles. The number of hydrogen-bond acceptors (Lipinski definition) is 3. The van der Waals surface area contributed by atoms with Crippen LogP contribution in [0, 0.1) is 12.8 Å². The second-order valence-corrected chi connectivity index (χ2v) is 6.34. The van der Waals surface area contributed by atoms with E-state index in [4.69, 9.17) is 0 Å². The van der Waals surface area contributed by atoms with Crippen LogP contribution in [0.4, 0.5) is 5.82 Å². The van der Waals surface area contributed by atoms with Crippen LogP contribution in [0.25, 0.3) is 0 Å². The van der Waals surface area contributed by atoms with Gasteiger partial charge in [0.15, 0.2) is 0 Å². The van der Waals surface area contributed by atoms with Crippen LogP contribution in [-0.2, 0) is 13.6 Å². The van der Waals surface area contributed by atoms with Gasteiger partial charge in [-0.1, -0.05) is 6.42 Å². The van der Waals surface area contributed by atoms with Crippen molar-refractivity contribution in [2.75, 3.05) is 18.5 Å². The molecular formula is C15H26N4. The zero-order valence-corrected chi connectivity index (χ0v) is 12.4. The third-order valence-corrected chi connectivity index (χ3v) is 4.58. The van der Waals surface area contributed by atoms with Crippen LogP contribution >= 0.6 is 0 Å². The standard InChI is InChI=1S/C15H26N4/c1-11-14(9-16-13-7-8-13)15(19(3)17-11)18(2)10-12-5-4-6-12/h12-13,16H,4-10H2,1-3H3. The summed E-state index contributed by atoms with van der Waals surface area (Å²) in [7, 11) is 4.29. The molecule has 2 saturated carbocycles. The molecule has 0 aliphatic heterocycles. The third-order valence-electron chi connectivity index (χ3n) is 4.58. The minimum Gasteiger partial charge on any atom is -0.359 e. The van der Waals surface area contributed by atoms with Crippen molar-refractivity contribution in [1.29, 1.82) is 0 Å². The Morgan fingerprint density at radius 2 is 2.05 bits per heavy atom. The monoisotopic (exact) mass is 262 g/mol. The van der Waals surface area contributed by atoms with Crippen LogP contribution in [0.1, 0.15) is 43.4 Å². The fourth-order valence-electron chi connectivity index (χ4n) is 3.06. The number of nitrogens with zero attached hydrogens (tertiary/aromatic N) is 3. The summed E-state index contributed by atoms with van der Waals surface area (Å²) >= 11 is 0. The van der Waals surface area contributed by atoms with Crippen molar-refractivity contribution in [2.45, 2.75) is 51.6 Å². The first-order chi connectivity index (χ1) is 9.15. The highest BCUT2D eigenvalue weighted by atomic mass is 15.4. The lowest BCUT2D eigenvalue weighted by Gasteiger charge is -2.31. The molecule has 0 bridgehead atoms. The summed E-state index contributed by atoms with van der Waals surface area (Å²) in [5.41, 5.74) is 2.56. The molecule has 0 saturated heterocycles. The highest BCUT2D eigenvalue weighted by Gasteiger charge is 2.25. The number of anilines is 1. The van der Waals surface area contributed by atoms with Gasteiger partial charge in [0.2, 0.25) is 0 Å². The normalized spacial score (nSPS) is 19.5. The molecule has 19 heavy (non-hydrogen) atoms. The minimum absolute atomic E-state index is 0.754. The molecule has 106 valence electrons. The predicted octanol–water partition coefficient (Wildman–Crippen LogP) is 2.22. The maximum absolute atomic E-state index is 4.62. The van der Waals surface area contributed by atoms with Crippen molar-refractivity contribution in [1.82, 2.24) is 15.1 Å². The van der Waals surface area contributed by atoms with Crippen LogP contribution in [0.15, 0.2) is 0 Å². The SMILES string of the molecule is Cc1nn(C)c(N(C)CC2CCC2)c1CNC1CC1. The summed E-state index contributed by atoms with van der Waals surface area (Å²) in [5.74, 6) is 2.20. The summed E-state index contributed by atoms with van der Waals surface area (Å²) in [5, 5.41) is 8.24. The molecule has 4 heteroatoms. The zero-order valence-electron chi connectivity index (χ0n) is 12.4. The first-order valence-electron chi connectivity index (χ1n) is 7.62.